The summed E-state index contributed by atoms with van der Waals surface area (Å²) in [7, 11) is 0. The quantitative estimate of drug-likeness (QED) is 0.643. The number of aromatic nitrogens is 3. The standard InChI is InChI=1S/C10H9N3O/c1-2-3-6-12-7-8-13-9(10(12)14)4-5-11-13/h1,4-5,7-8H,3,6H2. The van der Waals surface area contributed by atoms with E-state index in [9.17, 15) is 4.79 Å². The van der Waals surface area contributed by atoms with Crippen LogP contribution in [0.4, 0.5) is 0 Å². The Kier molecular flexibility index (Phi) is 2.07. The van der Waals surface area contributed by atoms with E-state index in [-0.39, 0.29) is 5.56 Å². The highest BCUT2D eigenvalue weighted by Crippen LogP contribution is 1.94. The van der Waals surface area contributed by atoms with Gasteiger partial charge in [-0.1, -0.05) is 0 Å². The van der Waals surface area contributed by atoms with Crippen molar-refractivity contribution >= 4 is 5.52 Å². The van der Waals surface area contributed by atoms with Crippen LogP contribution < -0.4 is 5.56 Å². The second kappa shape index (κ2) is 3.38. The maximum Gasteiger partial charge on any atom is 0.276 e. The number of fused-ring (bicyclic) bond motifs is 1. The molecule has 0 aliphatic rings. The molecule has 2 aromatic heterocycles. The van der Waals surface area contributed by atoms with Crippen molar-refractivity contribution < 1.29 is 0 Å². The van der Waals surface area contributed by atoms with Gasteiger partial charge in [-0.3, -0.25) is 4.79 Å². The topological polar surface area (TPSA) is 39.3 Å². The Balaban J connectivity index is 2.52. The van der Waals surface area contributed by atoms with Gasteiger partial charge in [0.25, 0.3) is 5.56 Å². The molecule has 0 saturated heterocycles. The first-order chi connectivity index (χ1) is 6.83. The van der Waals surface area contributed by atoms with Crippen LogP contribution in [0.5, 0.6) is 0 Å². The van der Waals surface area contributed by atoms with E-state index < -0.39 is 0 Å². The molecule has 0 N–H and O–H groups in total. The fourth-order valence-electron chi connectivity index (χ4n) is 1.32. The lowest BCUT2D eigenvalue weighted by Gasteiger charge is -2.02. The molecule has 0 unspecified atom stereocenters. The Morgan fingerprint density at radius 3 is 3.14 bits per heavy atom. The summed E-state index contributed by atoms with van der Waals surface area (Å²) in [6.07, 6.45) is 10.7. The number of terminal acetylenes is 1. The average molecular weight is 187 g/mol. The third-order valence-corrected chi connectivity index (χ3v) is 2.04. The molecule has 4 heteroatoms. The summed E-state index contributed by atoms with van der Waals surface area (Å²) in [5, 5.41) is 3.96. The molecule has 0 radical (unpaired) electrons. The Labute approximate surface area is 80.8 Å². The van der Waals surface area contributed by atoms with E-state index >= 15 is 0 Å². The van der Waals surface area contributed by atoms with Crippen LogP contribution in [-0.2, 0) is 6.54 Å². The van der Waals surface area contributed by atoms with Crippen molar-refractivity contribution in [2.24, 2.45) is 0 Å². The molecule has 14 heavy (non-hydrogen) atoms. The van der Waals surface area contributed by atoms with Gasteiger partial charge in [0.1, 0.15) is 5.52 Å². The Bertz CT molecular complexity index is 544. The van der Waals surface area contributed by atoms with Gasteiger partial charge in [-0.05, 0) is 6.07 Å². The van der Waals surface area contributed by atoms with Crippen molar-refractivity contribution in [1.82, 2.24) is 14.2 Å². The van der Waals surface area contributed by atoms with Gasteiger partial charge in [0.15, 0.2) is 0 Å². The monoisotopic (exact) mass is 187 g/mol. The highest BCUT2D eigenvalue weighted by Gasteiger charge is 2.01. The maximum absolute atomic E-state index is 11.7. The highest BCUT2D eigenvalue weighted by molar-refractivity contribution is 5.42. The van der Waals surface area contributed by atoms with Crippen LogP contribution in [-0.4, -0.2) is 14.2 Å². The number of hydrogen-bond donors (Lipinski definition) is 0. The van der Waals surface area contributed by atoms with Gasteiger partial charge in [-0.25, -0.2) is 4.52 Å². The van der Waals surface area contributed by atoms with E-state index in [4.69, 9.17) is 6.42 Å². The lowest BCUT2D eigenvalue weighted by Crippen LogP contribution is -2.21. The van der Waals surface area contributed by atoms with Crippen LogP contribution in [0, 0.1) is 12.3 Å². The molecule has 2 heterocycles. The van der Waals surface area contributed by atoms with Crippen LogP contribution in [0.15, 0.2) is 29.5 Å². The van der Waals surface area contributed by atoms with Gasteiger partial charge < -0.3 is 4.57 Å². The van der Waals surface area contributed by atoms with Gasteiger partial charge in [-0.2, -0.15) is 5.10 Å². The van der Waals surface area contributed by atoms with Crippen molar-refractivity contribution in [1.29, 1.82) is 0 Å². The molecule has 0 bridgehead atoms. The predicted molar refractivity (Wildman–Crippen MR) is 52.9 cm³/mol. The summed E-state index contributed by atoms with van der Waals surface area (Å²) < 4.78 is 3.14. The van der Waals surface area contributed by atoms with E-state index in [1.807, 2.05) is 0 Å². The molecule has 0 aliphatic carbocycles. The second-order valence-electron chi connectivity index (χ2n) is 2.91. The number of hydrogen-bond acceptors (Lipinski definition) is 2. The summed E-state index contributed by atoms with van der Waals surface area (Å²) in [6.45, 7) is 0.553. The molecule has 0 fully saturated rings. The van der Waals surface area contributed by atoms with Crippen LogP contribution in [0.1, 0.15) is 6.42 Å². The summed E-state index contributed by atoms with van der Waals surface area (Å²) >= 11 is 0. The molecule has 0 saturated carbocycles. The zero-order valence-electron chi connectivity index (χ0n) is 7.55. The zero-order chi connectivity index (χ0) is 9.97. The predicted octanol–water partition coefficient (Wildman–Crippen LogP) is 0.519. The summed E-state index contributed by atoms with van der Waals surface area (Å²) in [5.41, 5.74) is 0.518. The van der Waals surface area contributed by atoms with E-state index in [2.05, 4.69) is 11.0 Å². The van der Waals surface area contributed by atoms with Gasteiger partial charge in [0.05, 0.1) is 6.20 Å². The van der Waals surface area contributed by atoms with Gasteiger partial charge in [0.2, 0.25) is 0 Å². The van der Waals surface area contributed by atoms with Crippen molar-refractivity contribution in [2.75, 3.05) is 0 Å². The highest BCUT2D eigenvalue weighted by atomic mass is 16.1. The smallest absolute Gasteiger partial charge is 0.276 e. The molecule has 0 atom stereocenters. The van der Waals surface area contributed by atoms with Crippen molar-refractivity contribution in [2.45, 2.75) is 13.0 Å². The minimum atomic E-state index is -0.0553. The van der Waals surface area contributed by atoms with Gasteiger partial charge in [-0.15, -0.1) is 12.3 Å². The fourth-order valence-corrected chi connectivity index (χ4v) is 1.32. The molecule has 4 nitrogen and oxygen atoms in total. The summed E-state index contributed by atoms with van der Waals surface area (Å²) in [5.74, 6) is 2.50. The molecular formula is C10H9N3O. The maximum atomic E-state index is 11.7. The fraction of sp³-hybridized carbons (Fsp3) is 0.200. The van der Waals surface area contributed by atoms with Crippen molar-refractivity contribution in [3.05, 3.63) is 35.0 Å². The molecule has 0 spiro atoms. The normalized spacial score (nSPS) is 10.2. The van der Waals surface area contributed by atoms with E-state index in [0.29, 0.717) is 18.5 Å². The largest absolute Gasteiger partial charge is 0.311 e. The van der Waals surface area contributed by atoms with E-state index in [1.54, 1.807) is 33.7 Å². The molecule has 2 rings (SSSR count). The first kappa shape index (κ1) is 8.57. The minimum Gasteiger partial charge on any atom is -0.311 e. The Morgan fingerprint density at radius 1 is 1.50 bits per heavy atom. The lowest BCUT2D eigenvalue weighted by molar-refractivity contribution is 0.681. The third kappa shape index (κ3) is 1.29. The van der Waals surface area contributed by atoms with Gasteiger partial charge >= 0.3 is 0 Å². The lowest BCUT2D eigenvalue weighted by atomic mass is 10.4. The van der Waals surface area contributed by atoms with Crippen molar-refractivity contribution in [3.63, 3.8) is 0 Å². The molecular weight excluding hydrogens is 178 g/mol. The number of rotatable bonds is 2. The summed E-state index contributed by atoms with van der Waals surface area (Å²) in [4.78, 5) is 11.7. The number of nitrogens with zero attached hydrogens (tertiary/aromatic N) is 3. The first-order valence-electron chi connectivity index (χ1n) is 4.29. The van der Waals surface area contributed by atoms with E-state index in [0.717, 1.165) is 0 Å². The molecule has 0 amide bonds. The molecule has 70 valence electrons. The summed E-state index contributed by atoms with van der Waals surface area (Å²) in [6, 6.07) is 1.69. The van der Waals surface area contributed by atoms with Crippen LogP contribution in [0.2, 0.25) is 0 Å². The first-order valence-corrected chi connectivity index (χ1v) is 4.29. The molecule has 2 aromatic rings. The van der Waals surface area contributed by atoms with Crippen molar-refractivity contribution in [3.8, 4) is 12.3 Å². The Morgan fingerprint density at radius 2 is 2.36 bits per heavy atom. The molecule has 0 aliphatic heterocycles. The molecule has 0 aromatic carbocycles. The van der Waals surface area contributed by atoms with Gasteiger partial charge in [0, 0.05) is 25.4 Å². The average Bonchev–Trinajstić information content (AvgIpc) is 2.66. The second-order valence-corrected chi connectivity index (χ2v) is 2.91. The minimum absolute atomic E-state index is 0.0553. The van der Waals surface area contributed by atoms with Crippen LogP contribution in [0.3, 0.4) is 0 Å². The zero-order valence-corrected chi connectivity index (χ0v) is 7.55. The SMILES string of the molecule is C#CCCn1ccn2nccc2c1=O. The van der Waals surface area contributed by atoms with Crippen LogP contribution in [0.25, 0.3) is 5.52 Å². The van der Waals surface area contributed by atoms with E-state index in [1.165, 1.54) is 0 Å². The van der Waals surface area contributed by atoms with Crippen LogP contribution >= 0.6 is 0 Å². The Hall–Kier alpha value is -2.02. The number of aryl methyl sites for hydroxylation is 1. The third-order valence-electron chi connectivity index (χ3n) is 2.04.